The van der Waals surface area contributed by atoms with Crippen molar-refractivity contribution in [1.82, 2.24) is 15.2 Å². The number of nitrogens with two attached hydrogens (primary N) is 1. The Bertz CT molecular complexity index is 1060. The zero-order valence-electron chi connectivity index (χ0n) is 19.0. The average Bonchev–Trinajstić information content (AvgIpc) is 3.27. The van der Waals surface area contributed by atoms with E-state index in [9.17, 15) is 24.4 Å². The van der Waals surface area contributed by atoms with E-state index < -0.39 is 47.7 Å². The van der Waals surface area contributed by atoms with Gasteiger partial charge in [-0.2, -0.15) is 0 Å². The van der Waals surface area contributed by atoms with Gasteiger partial charge in [0.2, 0.25) is 6.79 Å². The smallest absolute Gasteiger partial charge is 0.358 e. The van der Waals surface area contributed by atoms with Crippen molar-refractivity contribution in [2.24, 2.45) is 5.16 Å². The van der Waals surface area contributed by atoms with Crippen LogP contribution in [0.25, 0.3) is 0 Å². The zero-order valence-corrected chi connectivity index (χ0v) is 20.6. The normalized spacial score (nSPS) is 19.7. The van der Waals surface area contributed by atoms with E-state index in [0.717, 1.165) is 17.8 Å². The summed E-state index contributed by atoms with van der Waals surface area (Å²) in [5, 5.41) is 15.8. The highest BCUT2D eigenvalue weighted by Gasteiger charge is 2.54. The van der Waals surface area contributed by atoms with Crippen molar-refractivity contribution in [1.29, 1.82) is 0 Å². The number of ether oxygens (including phenoxy) is 3. The Balaban J connectivity index is 1.68. The highest BCUT2D eigenvalue weighted by Crippen LogP contribution is 2.40. The second-order valence-corrected chi connectivity index (χ2v) is 9.43. The molecule has 190 valence electrons. The summed E-state index contributed by atoms with van der Waals surface area (Å²) in [5.41, 5.74) is 5.73. The van der Waals surface area contributed by atoms with Crippen molar-refractivity contribution in [3.05, 3.63) is 22.3 Å². The van der Waals surface area contributed by atoms with E-state index in [1.807, 2.05) is 6.92 Å². The fraction of sp³-hybridized carbons (Fsp3) is 0.500. The minimum atomic E-state index is -0.987. The van der Waals surface area contributed by atoms with Crippen LogP contribution in [0.5, 0.6) is 0 Å². The van der Waals surface area contributed by atoms with Crippen LogP contribution in [0.1, 0.15) is 31.9 Å². The quantitative estimate of drug-likeness (QED) is 0.0906. The number of β-lactam (4-membered cyclic amide) rings is 1. The van der Waals surface area contributed by atoms with Crippen LogP contribution in [-0.4, -0.2) is 82.2 Å². The van der Waals surface area contributed by atoms with Crippen molar-refractivity contribution >= 4 is 57.7 Å². The molecule has 13 nitrogen and oxygen atoms in total. The van der Waals surface area contributed by atoms with Crippen molar-refractivity contribution in [2.75, 3.05) is 32.0 Å². The summed E-state index contributed by atoms with van der Waals surface area (Å²) in [6, 6.07) is -0.987. The van der Waals surface area contributed by atoms with E-state index in [-0.39, 0.29) is 29.6 Å². The largest absolute Gasteiger partial charge is 0.428 e. The number of hydrogen-bond acceptors (Lipinski definition) is 13. The number of oxime groups is 1. The molecule has 0 spiro atoms. The van der Waals surface area contributed by atoms with Gasteiger partial charge in [0.15, 0.2) is 10.8 Å². The van der Waals surface area contributed by atoms with Gasteiger partial charge >= 0.3 is 11.9 Å². The van der Waals surface area contributed by atoms with Crippen LogP contribution < -0.4 is 11.1 Å². The van der Waals surface area contributed by atoms with Gasteiger partial charge in [-0.15, -0.1) is 23.1 Å². The molecule has 1 aromatic heterocycles. The van der Waals surface area contributed by atoms with Crippen LogP contribution in [0.2, 0.25) is 0 Å². The highest BCUT2D eigenvalue weighted by molar-refractivity contribution is 8.00. The van der Waals surface area contributed by atoms with Crippen LogP contribution in [0, 0.1) is 0 Å². The fourth-order valence-electron chi connectivity index (χ4n) is 3.39. The first kappa shape index (κ1) is 26.4. The number of esters is 2. The average molecular weight is 528 g/mol. The van der Waals surface area contributed by atoms with E-state index in [2.05, 4.69) is 15.5 Å². The number of hydrogen-bond donors (Lipinski definition) is 3. The van der Waals surface area contributed by atoms with Gasteiger partial charge in [-0.25, -0.2) is 9.78 Å². The van der Waals surface area contributed by atoms with Gasteiger partial charge in [-0.05, 0) is 12.0 Å². The number of fused-ring (bicyclic) bond motifs is 1. The molecule has 0 radical (unpaired) electrons. The lowest BCUT2D eigenvalue weighted by atomic mass is 10.0. The Kier molecular flexibility index (Phi) is 9.06. The molecular weight excluding hydrogens is 502 g/mol. The summed E-state index contributed by atoms with van der Waals surface area (Å²) in [7, 11) is 1.45. The van der Waals surface area contributed by atoms with Gasteiger partial charge in [0.25, 0.3) is 11.8 Å². The molecule has 0 saturated carbocycles. The topological polar surface area (TPSA) is 183 Å². The molecule has 35 heavy (non-hydrogen) atoms. The summed E-state index contributed by atoms with van der Waals surface area (Å²) in [4.78, 5) is 55.1. The van der Waals surface area contributed by atoms with Gasteiger partial charge in [-0.3, -0.25) is 19.3 Å². The number of rotatable bonds is 11. The first-order valence-electron chi connectivity index (χ1n) is 10.5. The monoisotopic (exact) mass is 527 g/mol. The molecule has 2 aliphatic heterocycles. The number of aromatic nitrogens is 1. The molecule has 0 aliphatic carbocycles. The molecule has 4 N–H and O–H groups in total. The molecule has 3 heterocycles. The molecule has 1 fully saturated rings. The summed E-state index contributed by atoms with van der Waals surface area (Å²) >= 11 is 2.37. The van der Waals surface area contributed by atoms with E-state index >= 15 is 0 Å². The van der Waals surface area contributed by atoms with Crippen LogP contribution in [-0.2, 0) is 33.4 Å². The second-order valence-electron chi connectivity index (χ2n) is 7.44. The predicted molar refractivity (Wildman–Crippen MR) is 125 cm³/mol. The van der Waals surface area contributed by atoms with Crippen molar-refractivity contribution in [2.45, 2.75) is 37.6 Å². The number of methoxy groups -OCH3 is 1. The van der Waals surface area contributed by atoms with Crippen molar-refractivity contribution in [3.63, 3.8) is 0 Å². The van der Waals surface area contributed by atoms with Crippen LogP contribution in [0.4, 0.5) is 5.13 Å². The van der Waals surface area contributed by atoms with Gasteiger partial charge in [-0.1, -0.05) is 18.5 Å². The maximum atomic E-state index is 12.9. The number of carbonyl (C=O) groups excluding carboxylic acids is 4. The van der Waals surface area contributed by atoms with E-state index in [1.165, 1.54) is 29.2 Å². The van der Waals surface area contributed by atoms with E-state index in [4.69, 9.17) is 19.9 Å². The first-order chi connectivity index (χ1) is 16.8. The second kappa shape index (κ2) is 12.0. The molecule has 2 amide bonds. The lowest BCUT2D eigenvalue weighted by Gasteiger charge is -2.49. The van der Waals surface area contributed by atoms with Crippen molar-refractivity contribution < 1.29 is 38.6 Å². The van der Waals surface area contributed by atoms with Gasteiger partial charge in [0.1, 0.15) is 22.8 Å². The van der Waals surface area contributed by atoms with Crippen LogP contribution in [0.3, 0.4) is 0 Å². The Morgan fingerprint density at radius 3 is 2.77 bits per heavy atom. The third-order valence-corrected chi connectivity index (χ3v) is 7.08. The lowest BCUT2D eigenvalue weighted by molar-refractivity contribution is -0.168. The number of thiazole rings is 1. The third-order valence-electron chi connectivity index (χ3n) is 5.07. The Labute approximate surface area is 208 Å². The van der Waals surface area contributed by atoms with E-state index in [0.29, 0.717) is 17.7 Å². The number of amides is 2. The number of thioether (sulfide) groups is 1. The van der Waals surface area contributed by atoms with Crippen LogP contribution >= 0.6 is 23.1 Å². The Morgan fingerprint density at radius 1 is 1.37 bits per heavy atom. The Morgan fingerprint density at radius 2 is 2.14 bits per heavy atom. The minimum absolute atomic E-state index is 0.0148. The molecule has 2 atom stereocenters. The molecule has 0 bridgehead atoms. The van der Waals surface area contributed by atoms with E-state index in [1.54, 1.807) is 0 Å². The highest BCUT2D eigenvalue weighted by atomic mass is 32.2. The number of nitrogen functional groups attached to an aromatic ring is 1. The number of carbonyl (C=O) groups is 4. The van der Waals surface area contributed by atoms with Crippen molar-refractivity contribution in [3.8, 4) is 0 Å². The minimum Gasteiger partial charge on any atom is -0.428 e. The fourth-order valence-corrected chi connectivity index (χ4v) is 5.26. The molecule has 15 heteroatoms. The standard InChI is InChI=1S/C20H25N5O8S2/c1-3-4-5-12(26)32-9-33-19(29)15-10(6-31-2)7-34-18-14(17(28)25(15)18)23-16(27)13(24-30)11-8-35-20(21)22-11/h8,14,18,30H,3-7,9H2,1-2H3,(H2,21,22)(H,23,27)/b24-13-/t14?,18-/m1/s1. The Hall–Kier alpha value is -3.17. The lowest BCUT2D eigenvalue weighted by Crippen LogP contribution is -2.71. The summed E-state index contributed by atoms with van der Waals surface area (Å²) in [6.07, 6.45) is 1.69. The molecular formula is C20H25N5O8S2. The molecule has 3 rings (SSSR count). The molecule has 1 saturated heterocycles. The zero-order chi connectivity index (χ0) is 25.5. The SMILES string of the molecule is CCCCC(=O)OCOC(=O)C1=C(COC)CS[C@@H]2C(NC(=O)/C(=N\O)c3csc(N)n3)C(=O)N12. The molecule has 1 unspecified atom stereocenters. The summed E-state index contributed by atoms with van der Waals surface area (Å²) < 4.78 is 15.1. The van der Waals surface area contributed by atoms with Gasteiger partial charge in [0, 0.05) is 24.7 Å². The number of anilines is 1. The van der Waals surface area contributed by atoms with Crippen LogP contribution in [0.15, 0.2) is 21.8 Å². The predicted octanol–water partition coefficient (Wildman–Crippen LogP) is 0.438. The van der Waals surface area contributed by atoms with Gasteiger partial charge < -0.3 is 30.5 Å². The maximum absolute atomic E-state index is 12.9. The number of nitrogens with one attached hydrogen (secondary N) is 1. The molecule has 0 aromatic carbocycles. The summed E-state index contributed by atoms with van der Waals surface area (Å²) in [5.74, 6) is -2.40. The summed E-state index contributed by atoms with van der Waals surface area (Å²) in [6.45, 7) is 1.42. The number of unbranched alkanes of at least 4 members (excludes halogenated alkanes) is 1. The van der Waals surface area contributed by atoms with Gasteiger partial charge in [0.05, 0.1) is 6.61 Å². The maximum Gasteiger partial charge on any atom is 0.358 e. The molecule has 1 aromatic rings. The molecule has 2 aliphatic rings. The number of nitrogens with zero attached hydrogens (tertiary/aromatic N) is 3. The first-order valence-corrected chi connectivity index (χ1v) is 12.5. The third kappa shape index (κ3) is 5.91.